The van der Waals surface area contributed by atoms with Crippen molar-refractivity contribution in [3.8, 4) is 0 Å². The fourth-order valence-corrected chi connectivity index (χ4v) is 3.17. The smallest absolute Gasteiger partial charge is 0.262 e. The number of nitrogens with one attached hydrogen (secondary N) is 1. The van der Waals surface area contributed by atoms with E-state index in [0.717, 1.165) is 12.0 Å². The Bertz CT molecular complexity index is 650. The highest BCUT2D eigenvalue weighted by molar-refractivity contribution is 7.14. The van der Waals surface area contributed by atoms with Crippen LogP contribution >= 0.6 is 11.3 Å². The summed E-state index contributed by atoms with van der Waals surface area (Å²) in [6, 6.07) is 10.0. The SMILES string of the molecule is CCc1sc(C(=O)N[C@H](C(N)=O)c2ccccc2)cc1C. The maximum absolute atomic E-state index is 12.3. The van der Waals surface area contributed by atoms with Crippen molar-refractivity contribution >= 4 is 23.2 Å². The van der Waals surface area contributed by atoms with Gasteiger partial charge in [-0.05, 0) is 30.5 Å². The number of carbonyl (C=O) groups excluding carboxylic acids is 2. The number of nitrogens with two attached hydrogens (primary N) is 1. The van der Waals surface area contributed by atoms with Gasteiger partial charge in [0.15, 0.2) is 0 Å². The van der Waals surface area contributed by atoms with Crippen molar-refractivity contribution in [2.24, 2.45) is 5.73 Å². The average Bonchev–Trinajstić information content (AvgIpc) is 2.86. The van der Waals surface area contributed by atoms with Crippen LogP contribution in [0.25, 0.3) is 0 Å². The summed E-state index contributed by atoms with van der Waals surface area (Å²) in [4.78, 5) is 25.7. The molecule has 0 bridgehead atoms. The van der Waals surface area contributed by atoms with Crippen LogP contribution in [0.15, 0.2) is 36.4 Å². The van der Waals surface area contributed by atoms with E-state index < -0.39 is 11.9 Å². The second-order valence-electron chi connectivity index (χ2n) is 4.79. The number of rotatable bonds is 5. The number of hydrogen-bond donors (Lipinski definition) is 2. The van der Waals surface area contributed by atoms with Crippen molar-refractivity contribution in [2.75, 3.05) is 0 Å². The minimum Gasteiger partial charge on any atom is -0.368 e. The van der Waals surface area contributed by atoms with E-state index in [1.54, 1.807) is 12.1 Å². The predicted molar refractivity (Wildman–Crippen MR) is 84.3 cm³/mol. The van der Waals surface area contributed by atoms with Crippen LogP contribution in [-0.2, 0) is 11.2 Å². The van der Waals surface area contributed by atoms with Gasteiger partial charge in [-0.25, -0.2) is 0 Å². The molecular formula is C16H18N2O2S. The average molecular weight is 302 g/mol. The first-order chi connectivity index (χ1) is 10.0. The number of hydrogen-bond acceptors (Lipinski definition) is 3. The lowest BCUT2D eigenvalue weighted by atomic mass is 10.1. The quantitative estimate of drug-likeness (QED) is 0.891. The Morgan fingerprint density at radius 3 is 2.48 bits per heavy atom. The molecule has 0 saturated heterocycles. The zero-order valence-corrected chi connectivity index (χ0v) is 12.9. The summed E-state index contributed by atoms with van der Waals surface area (Å²) < 4.78 is 0. The van der Waals surface area contributed by atoms with E-state index >= 15 is 0 Å². The Labute approximate surface area is 128 Å². The molecule has 0 unspecified atom stereocenters. The molecule has 110 valence electrons. The van der Waals surface area contributed by atoms with E-state index in [1.807, 2.05) is 31.2 Å². The summed E-state index contributed by atoms with van der Waals surface area (Å²) >= 11 is 1.45. The van der Waals surface area contributed by atoms with Gasteiger partial charge in [-0.15, -0.1) is 11.3 Å². The number of thiophene rings is 1. The van der Waals surface area contributed by atoms with Gasteiger partial charge in [0, 0.05) is 4.88 Å². The minimum absolute atomic E-state index is 0.268. The zero-order valence-electron chi connectivity index (χ0n) is 12.1. The predicted octanol–water partition coefficient (Wildman–Crippen LogP) is 2.58. The third kappa shape index (κ3) is 3.49. The van der Waals surface area contributed by atoms with E-state index in [9.17, 15) is 9.59 Å². The summed E-state index contributed by atoms with van der Waals surface area (Å²) in [7, 11) is 0. The second-order valence-corrected chi connectivity index (χ2v) is 5.93. The Hall–Kier alpha value is -2.14. The zero-order chi connectivity index (χ0) is 15.4. The molecule has 0 fully saturated rings. The Morgan fingerprint density at radius 1 is 1.29 bits per heavy atom. The van der Waals surface area contributed by atoms with Crippen molar-refractivity contribution in [2.45, 2.75) is 26.3 Å². The molecule has 0 spiro atoms. The van der Waals surface area contributed by atoms with E-state index in [4.69, 9.17) is 5.73 Å². The molecule has 5 heteroatoms. The summed E-state index contributed by atoms with van der Waals surface area (Å²) in [5.41, 5.74) is 7.19. The van der Waals surface area contributed by atoms with Crippen LogP contribution in [0.2, 0.25) is 0 Å². The van der Waals surface area contributed by atoms with Crippen LogP contribution in [0.4, 0.5) is 0 Å². The normalized spacial score (nSPS) is 11.9. The lowest BCUT2D eigenvalue weighted by molar-refractivity contribution is -0.120. The molecule has 0 aliphatic heterocycles. The fraction of sp³-hybridized carbons (Fsp3) is 0.250. The summed E-state index contributed by atoms with van der Waals surface area (Å²) in [6.07, 6.45) is 0.891. The van der Waals surface area contributed by atoms with Gasteiger partial charge < -0.3 is 11.1 Å². The molecule has 1 aromatic heterocycles. The molecule has 0 aliphatic carbocycles. The molecule has 4 nitrogen and oxygen atoms in total. The number of amides is 2. The Kier molecular flexibility index (Phi) is 4.75. The van der Waals surface area contributed by atoms with Crippen molar-refractivity contribution in [3.63, 3.8) is 0 Å². The van der Waals surface area contributed by atoms with E-state index in [0.29, 0.717) is 10.4 Å². The minimum atomic E-state index is -0.814. The molecular weight excluding hydrogens is 284 g/mol. The summed E-state index contributed by atoms with van der Waals surface area (Å²) in [5.74, 6) is -0.839. The summed E-state index contributed by atoms with van der Waals surface area (Å²) in [5, 5.41) is 2.71. The molecule has 0 saturated carbocycles. The lowest BCUT2D eigenvalue weighted by Gasteiger charge is -2.15. The van der Waals surface area contributed by atoms with Crippen molar-refractivity contribution in [1.82, 2.24) is 5.32 Å². The molecule has 2 aromatic rings. The topological polar surface area (TPSA) is 72.2 Å². The van der Waals surface area contributed by atoms with Crippen LogP contribution < -0.4 is 11.1 Å². The van der Waals surface area contributed by atoms with Crippen molar-refractivity contribution in [3.05, 3.63) is 57.3 Å². The number of benzene rings is 1. The molecule has 2 rings (SSSR count). The molecule has 1 atom stereocenters. The van der Waals surface area contributed by atoms with Gasteiger partial charge in [-0.1, -0.05) is 37.3 Å². The first-order valence-corrected chi connectivity index (χ1v) is 7.59. The number of carbonyl (C=O) groups is 2. The second kappa shape index (κ2) is 6.54. The lowest BCUT2D eigenvalue weighted by Crippen LogP contribution is -2.37. The third-order valence-corrected chi connectivity index (χ3v) is 4.64. The highest BCUT2D eigenvalue weighted by Crippen LogP contribution is 2.23. The van der Waals surface area contributed by atoms with E-state index in [2.05, 4.69) is 12.2 Å². The van der Waals surface area contributed by atoms with Gasteiger partial charge in [-0.2, -0.15) is 0 Å². The molecule has 3 N–H and O–H groups in total. The van der Waals surface area contributed by atoms with E-state index in [1.165, 1.54) is 16.2 Å². The van der Waals surface area contributed by atoms with Gasteiger partial charge >= 0.3 is 0 Å². The van der Waals surface area contributed by atoms with Crippen LogP contribution in [0.3, 0.4) is 0 Å². The molecule has 0 radical (unpaired) electrons. The fourth-order valence-electron chi connectivity index (χ4n) is 2.15. The maximum atomic E-state index is 12.3. The highest BCUT2D eigenvalue weighted by Gasteiger charge is 2.22. The molecule has 2 amide bonds. The number of aryl methyl sites for hydroxylation is 2. The highest BCUT2D eigenvalue weighted by atomic mass is 32.1. The first kappa shape index (κ1) is 15.3. The van der Waals surface area contributed by atoms with Crippen LogP contribution in [-0.4, -0.2) is 11.8 Å². The monoisotopic (exact) mass is 302 g/mol. The first-order valence-electron chi connectivity index (χ1n) is 6.77. The van der Waals surface area contributed by atoms with Gasteiger partial charge in [0.05, 0.1) is 4.88 Å². The van der Waals surface area contributed by atoms with Gasteiger partial charge in [0.25, 0.3) is 5.91 Å². The largest absolute Gasteiger partial charge is 0.368 e. The van der Waals surface area contributed by atoms with Gasteiger partial charge in [0.1, 0.15) is 6.04 Å². The van der Waals surface area contributed by atoms with Crippen molar-refractivity contribution in [1.29, 1.82) is 0 Å². The Balaban J connectivity index is 2.21. The van der Waals surface area contributed by atoms with Crippen LogP contribution in [0.1, 0.15) is 38.6 Å². The maximum Gasteiger partial charge on any atom is 0.262 e. The van der Waals surface area contributed by atoms with E-state index in [-0.39, 0.29) is 5.91 Å². The summed E-state index contributed by atoms with van der Waals surface area (Å²) in [6.45, 7) is 4.03. The van der Waals surface area contributed by atoms with Crippen molar-refractivity contribution < 1.29 is 9.59 Å². The molecule has 1 aromatic carbocycles. The molecule has 0 aliphatic rings. The number of primary amides is 1. The Morgan fingerprint density at radius 2 is 1.95 bits per heavy atom. The molecule has 1 heterocycles. The third-order valence-electron chi connectivity index (χ3n) is 3.26. The van der Waals surface area contributed by atoms with Gasteiger partial charge in [0.2, 0.25) is 5.91 Å². The molecule has 21 heavy (non-hydrogen) atoms. The van der Waals surface area contributed by atoms with Crippen LogP contribution in [0, 0.1) is 6.92 Å². The van der Waals surface area contributed by atoms with Gasteiger partial charge in [-0.3, -0.25) is 9.59 Å². The van der Waals surface area contributed by atoms with Crippen LogP contribution in [0.5, 0.6) is 0 Å². The standard InChI is InChI=1S/C16H18N2O2S/c1-3-12-10(2)9-13(21-12)16(20)18-14(15(17)19)11-7-5-4-6-8-11/h4-9,14H,3H2,1-2H3,(H2,17,19)(H,18,20)/t14-/m0/s1.